The zero-order chi connectivity index (χ0) is 22.8. The summed E-state index contributed by atoms with van der Waals surface area (Å²) in [6.45, 7) is 2.95. The monoisotopic (exact) mass is 436 g/mol. The zero-order valence-corrected chi connectivity index (χ0v) is 18.9. The summed E-state index contributed by atoms with van der Waals surface area (Å²) in [5.74, 6) is 0.815. The smallest absolute Gasteiger partial charge is 0.343 e. The summed E-state index contributed by atoms with van der Waals surface area (Å²) in [6.07, 6.45) is 6.42. The van der Waals surface area contributed by atoms with Crippen molar-refractivity contribution in [3.63, 3.8) is 0 Å². The van der Waals surface area contributed by atoms with E-state index in [1.54, 1.807) is 30.3 Å². The minimum Gasteiger partial charge on any atom is -0.494 e. The third-order valence-electron chi connectivity index (χ3n) is 5.41. The quantitative estimate of drug-likeness (QED) is 0.153. The van der Waals surface area contributed by atoms with E-state index in [1.807, 2.05) is 30.3 Å². The Balaban J connectivity index is 1.55. The summed E-state index contributed by atoms with van der Waals surface area (Å²) in [5, 5.41) is 11.6. The highest BCUT2D eigenvalue weighted by Gasteiger charge is 2.11. The van der Waals surface area contributed by atoms with Gasteiger partial charge in [-0.2, -0.15) is 0 Å². The molecular formula is C27H32O5. The van der Waals surface area contributed by atoms with Crippen molar-refractivity contribution in [2.45, 2.75) is 51.7 Å². The lowest BCUT2D eigenvalue weighted by Gasteiger charge is -2.10. The number of aliphatic hydroxyl groups is 1. The Bertz CT molecular complexity index is 997. The molecule has 1 atom stereocenters. The summed E-state index contributed by atoms with van der Waals surface area (Å²) >= 11 is 0. The normalized spacial score (nSPS) is 12.0. The summed E-state index contributed by atoms with van der Waals surface area (Å²) in [4.78, 5) is 12.5. The lowest BCUT2D eigenvalue weighted by molar-refractivity contribution is -0.0769. The average molecular weight is 437 g/mol. The molecule has 5 heteroatoms. The molecule has 3 aromatic carbocycles. The Morgan fingerprint density at radius 3 is 2.25 bits per heavy atom. The van der Waals surface area contributed by atoms with E-state index in [9.17, 15) is 9.90 Å². The largest absolute Gasteiger partial charge is 0.494 e. The van der Waals surface area contributed by atoms with E-state index in [2.05, 4.69) is 6.92 Å². The van der Waals surface area contributed by atoms with Crippen LogP contribution in [-0.2, 0) is 4.74 Å². The molecular weight excluding hydrogens is 404 g/mol. The highest BCUT2D eigenvalue weighted by Crippen LogP contribution is 2.24. The lowest BCUT2D eigenvalue weighted by atomic mass is 10.1. The Hall–Kier alpha value is -2.89. The van der Waals surface area contributed by atoms with Crippen LogP contribution in [0.1, 0.15) is 67.7 Å². The number of methoxy groups -OCH3 is 1. The van der Waals surface area contributed by atoms with Crippen LogP contribution in [0.4, 0.5) is 0 Å². The Kier molecular flexibility index (Phi) is 9.08. The van der Waals surface area contributed by atoms with Gasteiger partial charge in [-0.05, 0) is 53.6 Å². The van der Waals surface area contributed by atoms with Crippen molar-refractivity contribution in [2.75, 3.05) is 13.7 Å². The molecule has 0 saturated heterocycles. The first-order valence-electron chi connectivity index (χ1n) is 11.3. The summed E-state index contributed by atoms with van der Waals surface area (Å²) in [7, 11) is 1.42. The van der Waals surface area contributed by atoms with Gasteiger partial charge in [0.25, 0.3) is 0 Å². The molecule has 32 heavy (non-hydrogen) atoms. The van der Waals surface area contributed by atoms with E-state index in [-0.39, 0.29) is 0 Å². The fourth-order valence-electron chi connectivity index (χ4n) is 3.52. The predicted octanol–water partition coefficient (Wildman–Crippen LogP) is 6.44. The van der Waals surface area contributed by atoms with Crippen LogP contribution in [0.3, 0.4) is 0 Å². The molecule has 170 valence electrons. The van der Waals surface area contributed by atoms with Crippen LogP contribution < -0.4 is 9.47 Å². The van der Waals surface area contributed by atoms with Gasteiger partial charge in [0.2, 0.25) is 0 Å². The maximum absolute atomic E-state index is 12.5. The molecule has 0 amide bonds. The minimum atomic E-state index is -1.00. The third-order valence-corrected chi connectivity index (χ3v) is 5.41. The molecule has 5 nitrogen and oxygen atoms in total. The molecule has 1 unspecified atom stereocenters. The zero-order valence-electron chi connectivity index (χ0n) is 18.9. The number of rotatable bonds is 12. The van der Waals surface area contributed by atoms with Gasteiger partial charge in [0.1, 0.15) is 11.5 Å². The Labute approximate surface area is 189 Å². The molecule has 0 radical (unpaired) electrons. The van der Waals surface area contributed by atoms with Gasteiger partial charge in [-0.25, -0.2) is 4.79 Å². The molecule has 0 aromatic heterocycles. The second kappa shape index (κ2) is 12.2. The molecule has 0 spiro atoms. The van der Waals surface area contributed by atoms with Crippen LogP contribution >= 0.6 is 0 Å². The molecule has 0 aliphatic heterocycles. The fourth-order valence-corrected chi connectivity index (χ4v) is 3.52. The molecule has 1 N–H and O–H groups in total. The fraction of sp³-hybridized carbons (Fsp3) is 0.370. The lowest BCUT2D eigenvalue weighted by Crippen LogP contribution is -2.08. The number of hydrogen-bond acceptors (Lipinski definition) is 5. The molecule has 0 heterocycles. The SMILES string of the molecule is CCCCCCCCOc1ccc2cc(C(=O)Oc3ccc(C(O)OC)cc3)ccc2c1. The van der Waals surface area contributed by atoms with Gasteiger partial charge in [-0.1, -0.05) is 63.3 Å². The maximum atomic E-state index is 12.5. The highest BCUT2D eigenvalue weighted by molar-refractivity contribution is 5.96. The van der Waals surface area contributed by atoms with Gasteiger partial charge in [0.05, 0.1) is 12.2 Å². The highest BCUT2D eigenvalue weighted by atomic mass is 16.6. The molecule has 0 aliphatic rings. The van der Waals surface area contributed by atoms with E-state index in [4.69, 9.17) is 14.2 Å². The van der Waals surface area contributed by atoms with E-state index >= 15 is 0 Å². The number of carbonyl (C=O) groups is 1. The number of aliphatic hydroxyl groups excluding tert-OH is 1. The van der Waals surface area contributed by atoms with Crippen molar-refractivity contribution < 1.29 is 24.1 Å². The summed E-state index contributed by atoms with van der Waals surface area (Å²) in [6, 6.07) is 18.0. The number of esters is 1. The maximum Gasteiger partial charge on any atom is 0.343 e. The van der Waals surface area contributed by atoms with Gasteiger partial charge in [0.15, 0.2) is 6.29 Å². The van der Waals surface area contributed by atoms with Crippen molar-refractivity contribution >= 4 is 16.7 Å². The van der Waals surface area contributed by atoms with Gasteiger partial charge in [-0.15, -0.1) is 0 Å². The summed E-state index contributed by atoms with van der Waals surface area (Å²) < 4.78 is 16.2. The molecule has 0 saturated carbocycles. The van der Waals surface area contributed by atoms with Crippen molar-refractivity contribution in [2.24, 2.45) is 0 Å². The van der Waals surface area contributed by atoms with E-state index < -0.39 is 12.3 Å². The molecule has 0 bridgehead atoms. The number of benzene rings is 3. The second-order valence-electron chi connectivity index (χ2n) is 7.89. The van der Waals surface area contributed by atoms with Crippen molar-refractivity contribution in [3.8, 4) is 11.5 Å². The van der Waals surface area contributed by atoms with Gasteiger partial charge >= 0.3 is 5.97 Å². The number of unbranched alkanes of at least 4 members (excludes halogenated alkanes) is 5. The molecule has 0 fully saturated rings. The van der Waals surface area contributed by atoms with E-state index in [0.717, 1.165) is 29.5 Å². The van der Waals surface area contributed by atoms with Crippen LogP contribution in [0.15, 0.2) is 60.7 Å². The minimum absolute atomic E-state index is 0.403. The molecule has 3 rings (SSSR count). The number of ether oxygens (including phenoxy) is 3. The van der Waals surface area contributed by atoms with Crippen molar-refractivity contribution in [1.29, 1.82) is 0 Å². The Morgan fingerprint density at radius 1 is 0.844 bits per heavy atom. The summed E-state index contributed by atoms with van der Waals surface area (Å²) in [5.41, 5.74) is 1.06. The first-order chi connectivity index (χ1) is 15.6. The third kappa shape index (κ3) is 6.81. The van der Waals surface area contributed by atoms with Gasteiger partial charge in [-0.3, -0.25) is 0 Å². The van der Waals surface area contributed by atoms with E-state index in [1.165, 1.54) is 39.2 Å². The van der Waals surface area contributed by atoms with Gasteiger partial charge in [0, 0.05) is 12.7 Å². The van der Waals surface area contributed by atoms with Crippen LogP contribution in [0.2, 0.25) is 0 Å². The number of carbonyl (C=O) groups excluding carboxylic acids is 1. The standard InChI is InChI=1S/C27H32O5/c1-3-4-5-6-7-8-17-31-25-16-13-21-18-23(10-9-22(21)19-25)27(29)32-24-14-11-20(12-15-24)26(28)30-2/h9-16,18-19,26,28H,3-8,17H2,1-2H3. The van der Waals surface area contributed by atoms with Crippen LogP contribution in [0, 0.1) is 0 Å². The average Bonchev–Trinajstić information content (AvgIpc) is 2.83. The van der Waals surface area contributed by atoms with Crippen LogP contribution in [0.5, 0.6) is 11.5 Å². The number of hydrogen-bond donors (Lipinski definition) is 1. The first-order valence-corrected chi connectivity index (χ1v) is 11.3. The molecule has 0 aliphatic carbocycles. The first kappa shape index (κ1) is 23.8. The molecule has 3 aromatic rings. The Morgan fingerprint density at radius 2 is 1.50 bits per heavy atom. The van der Waals surface area contributed by atoms with Crippen molar-refractivity contribution in [1.82, 2.24) is 0 Å². The second-order valence-corrected chi connectivity index (χ2v) is 7.89. The van der Waals surface area contributed by atoms with E-state index in [0.29, 0.717) is 16.9 Å². The van der Waals surface area contributed by atoms with Crippen molar-refractivity contribution in [3.05, 3.63) is 71.8 Å². The topological polar surface area (TPSA) is 65.0 Å². The van der Waals surface area contributed by atoms with Crippen LogP contribution in [-0.4, -0.2) is 24.8 Å². The predicted molar refractivity (Wildman–Crippen MR) is 126 cm³/mol. The van der Waals surface area contributed by atoms with Crippen LogP contribution in [0.25, 0.3) is 10.8 Å². The van der Waals surface area contributed by atoms with Gasteiger partial charge < -0.3 is 19.3 Å². The number of fused-ring (bicyclic) bond motifs is 1.